The van der Waals surface area contributed by atoms with Crippen molar-refractivity contribution in [2.75, 3.05) is 6.54 Å². The monoisotopic (exact) mass is 440 g/mol. The van der Waals surface area contributed by atoms with Crippen LogP contribution in [-0.4, -0.2) is 30.4 Å². The number of benzene rings is 2. The lowest BCUT2D eigenvalue weighted by molar-refractivity contribution is -0.121. The van der Waals surface area contributed by atoms with Crippen LogP contribution in [0.15, 0.2) is 60.0 Å². The summed E-state index contributed by atoms with van der Waals surface area (Å²) in [6, 6.07) is 11.3. The molecule has 1 heterocycles. The molecule has 2 N–H and O–H groups in total. The fourth-order valence-electron chi connectivity index (χ4n) is 3.71. The van der Waals surface area contributed by atoms with Crippen LogP contribution < -0.4 is 10.0 Å². The minimum Gasteiger partial charge on any atom is -0.350 e. The zero-order valence-corrected chi connectivity index (χ0v) is 19.0. The van der Waals surface area contributed by atoms with E-state index in [1.165, 1.54) is 0 Å². The van der Waals surface area contributed by atoms with E-state index >= 15 is 0 Å². The Hall–Kier alpha value is -2.97. The first-order valence-electron chi connectivity index (χ1n) is 10.1. The van der Waals surface area contributed by atoms with Gasteiger partial charge in [0.2, 0.25) is 15.9 Å². The maximum Gasteiger partial charge on any atom is 0.241 e. The maximum absolute atomic E-state index is 12.7. The van der Waals surface area contributed by atoms with E-state index in [9.17, 15) is 13.2 Å². The molecule has 0 aliphatic carbocycles. The average molecular weight is 441 g/mol. The second-order valence-corrected chi connectivity index (χ2v) is 9.43. The Balaban J connectivity index is 1.54. The molecule has 31 heavy (non-hydrogen) atoms. The first kappa shape index (κ1) is 22.7. The molecule has 0 bridgehead atoms. The number of amides is 1. The zero-order valence-electron chi connectivity index (χ0n) is 18.2. The van der Waals surface area contributed by atoms with Crippen LogP contribution >= 0.6 is 0 Å². The maximum atomic E-state index is 12.7. The number of sulfonamides is 1. The normalized spacial score (nSPS) is 12.5. The molecule has 0 spiro atoms. The highest BCUT2D eigenvalue weighted by Gasteiger charge is 2.20. The van der Waals surface area contributed by atoms with Crippen molar-refractivity contribution < 1.29 is 13.2 Å². The Morgan fingerprint density at radius 3 is 2.32 bits per heavy atom. The number of carbonyl (C=O) groups is 1. The van der Waals surface area contributed by atoms with Crippen LogP contribution in [0.3, 0.4) is 0 Å². The fraction of sp³-hybridized carbons (Fsp3) is 0.304. The number of aryl methyl sites for hydroxylation is 3. The minimum absolute atomic E-state index is 0.0349. The van der Waals surface area contributed by atoms with Crippen molar-refractivity contribution in [1.82, 2.24) is 19.6 Å². The van der Waals surface area contributed by atoms with Crippen LogP contribution in [0.25, 0.3) is 5.69 Å². The minimum atomic E-state index is -3.68. The molecular weight excluding hydrogens is 412 g/mol. The van der Waals surface area contributed by atoms with E-state index < -0.39 is 10.0 Å². The molecule has 2 aromatic carbocycles. The lowest BCUT2D eigenvalue weighted by atomic mass is 10.1. The third-order valence-corrected chi connectivity index (χ3v) is 6.86. The Labute approximate surface area is 183 Å². The highest BCUT2D eigenvalue weighted by molar-refractivity contribution is 7.89. The highest BCUT2D eigenvalue weighted by Crippen LogP contribution is 2.21. The van der Waals surface area contributed by atoms with Gasteiger partial charge in [-0.3, -0.25) is 4.79 Å². The van der Waals surface area contributed by atoms with E-state index in [4.69, 9.17) is 0 Å². The van der Waals surface area contributed by atoms with E-state index in [2.05, 4.69) is 15.0 Å². The quantitative estimate of drug-likeness (QED) is 0.562. The summed E-state index contributed by atoms with van der Waals surface area (Å²) < 4.78 is 29.8. The van der Waals surface area contributed by atoms with Gasteiger partial charge >= 0.3 is 0 Å². The van der Waals surface area contributed by atoms with Gasteiger partial charge in [-0.15, -0.1) is 0 Å². The summed E-state index contributed by atoms with van der Waals surface area (Å²) in [7, 11) is -3.68. The molecule has 7 nitrogen and oxygen atoms in total. The highest BCUT2D eigenvalue weighted by atomic mass is 32.2. The van der Waals surface area contributed by atoms with Crippen molar-refractivity contribution in [2.24, 2.45) is 0 Å². The van der Waals surface area contributed by atoms with Crippen LogP contribution in [-0.2, 0) is 14.8 Å². The van der Waals surface area contributed by atoms with Gasteiger partial charge in [0.1, 0.15) is 0 Å². The van der Waals surface area contributed by atoms with Gasteiger partial charge in [-0.25, -0.2) is 18.1 Å². The molecule has 0 radical (unpaired) electrons. The lowest BCUT2D eigenvalue weighted by Crippen LogP contribution is -2.32. The number of nitrogens with one attached hydrogen (secondary N) is 2. The smallest absolute Gasteiger partial charge is 0.241 e. The lowest BCUT2D eigenvalue weighted by Gasteiger charge is -2.16. The van der Waals surface area contributed by atoms with Gasteiger partial charge in [-0.05, 0) is 56.5 Å². The molecule has 3 aromatic rings. The third-order valence-electron chi connectivity index (χ3n) is 5.09. The summed E-state index contributed by atoms with van der Waals surface area (Å²) in [4.78, 5) is 16.6. The first-order valence-corrected chi connectivity index (χ1v) is 11.6. The number of hydrogen-bond acceptors (Lipinski definition) is 4. The molecule has 164 valence electrons. The summed E-state index contributed by atoms with van der Waals surface area (Å²) in [5.74, 6) is -0.216. The summed E-state index contributed by atoms with van der Waals surface area (Å²) in [5.41, 5.74) is 4.35. The summed E-state index contributed by atoms with van der Waals surface area (Å²) in [6.07, 6.45) is 5.36. The van der Waals surface area contributed by atoms with Crippen LogP contribution in [0.5, 0.6) is 0 Å². The molecule has 0 aliphatic rings. The van der Waals surface area contributed by atoms with E-state index in [-0.39, 0.29) is 29.8 Å². The van der Waals surface area contributed by atoms with E-state index in [1.54, 1.807) is 26.4 Å². The molecule has 0 aliphatic heterocycles. The molecule has 3 rings (SSSR count). The van der Waals surface area contributed by atoms with E-state index in [0.29, 0.717) is 11.1 Å². The summed E-state index contributed by atoms with van der Waals surface area (Å²) >= 11 is 0. The largest absolute Gasteiger partial charge is 0.350 e. The van der Waals surface area contributed by atoms with Gasteiger partial charge in [0.05, 0.1) is 17.3 Å². The van der Waals surface area contributed by atoms with Gasteiger partial charge in [-0.1, -0.05) is 29.8 Å². The van der Waals surface area contributed by atoms with Crippen LogP contribution in [0.2, 0.25) is 0 Å². The predicted molar refractivity (Wildman–Crippen MR) is 121 cm³/mol. The fourth-order valence-corrected chi connectivity index (χ4v) is 5.19. The number of aromatic nitrogens is 2. The molecule has 0 saturated carbocycles. The molecule has 1 atom stereocenters. The Morgan fingerprint density at radius 1 is 1.10 bits per heavy atom. The van der Waals surface area contributed by atoms with Crippen molar-refractivity contribution in [3.8, 4) is 5.69 Å². The van der Waals surface area contributed by atoms with Crippen molar-refractivity contribution in [1.29, 1.82) is 0 Å². The van der Waals surface area contributed by atoms with Crippen molar-refractivity contribution in [2.45, 2.75) is 45.1 Å². The number of nitrogens with zero attached hydrogens (tertiary/aromatic N) is 2. The van der Waals surface area contributed by atoms with Crippen molar-refractivity contribution in [3.63, 3.8) is 0 Å². The molecule has 0 saturated heterocycles. The van der Waals surface area contributed by atoms with E-state index in [0.717, 1.165) is 16.8 Å². The number of rotatable bonds is 8. The van der Waals surface area contributed by atoms with E-state index in [1.807, 2.05) is 61.0 Å². The average Bonchev–Trinajstić information content (AvgIpc) is 3.21. The second-order valence-electron chi connectivity index (χ2n) is 7.73. The van der Waals surface area contributed by atoms with Gasteiger partial charge in [0, 0.05) is 31.0 Å². The number of carbonyl (C=O) groups excluding carboxylic acids is 1. The first-order chi connectivity index (χ1) is 14.7. The zero-order chi connectivity index (χ0) is 22.6. The van der Waals surface area contributed by atoms with Gasteiger partial charge in [0.15, 0.2) is 0 Å². The van der Waals surface area contributed by atoms with Crippen LogP contribution in [0, 0.1) is 20.8 Å². The topological polar surface area (TPSA) is 93.1 Å². The Bertz CT molecular complexity index is 1130. The number of hydrogen-bond donors (Lipinski definition) is 2. The Morgan fingerprint density at radius 2 is 1.74 bits per heavy atom. The van der Waals surface area contributed by atoms with Crippen molar-refractivity contribution >= 4 is 15.9 Å². The predicted octanol–water partition coefficient (Wildman–Crippen LogP) is 3.34. The molecular formula is C23H28N4O3S. The third kappa shape index (κ3) is 5.59. The second kappa shape index (κ2) is 9.45. The Kier molecular flexibility index (Phi) is 6.92. The number of imidazole rings is 1. The van der Waals surface area contributed by atoms with Crippen LogP contribution in [0.1, 0.15) is 41.6 Å². The molecule has 8 heteroatoms. The molecule has 1 amide bonds. The molecule has 1 aromatic heterocycles. The van der Waals surface area contributed by atoms with Crippen LogP contribution in [0.4, 0.5) is 0 Å². The van der Waals surface area contributed by atoms with Crippen molar-refractivity contribution in [3.05, 3.63) is 77.4 Å². The van der Waals surface area contributed by atoms with Gasteiger partial charge < -0.3 is 9.88 Å². The molecule has 0 fully saturated rings. The SMILES string of the molecule is Cc1cc(C)c(S(=O)(=O)NCCC(=O)N[C@H](C)c2ccc(-n3ccnc3)cc2)c(C)c1. The van der Waals surface area contributed by atoms with Gasteiger partial charge in [0.25, 0.3) is 0 Å². The molecule has 0 unspecified atom stereocenters. The van der Waals surface area contributed by atoms with Gasteiger partial charge in [-0.2, -0.15) is 0 Å². The summed E-state index contributed by atoms with van der Waals surface area (Å²) in [6.45, 7) is 7.42. The standard InChI is InChI=1S/C23H28N4O3S/c1-16-13-17(2)23(18(3)14-16)31(29,30)25-10-9-22(28)26-19(4)20-5-7-21(8-6-20)27-12-11-24-15-27/h5-8,11-15,19,25H,9-10H2,1-4H3,(H,26,28)/t19-/m1/s1. The summed E-state index contributed by atoms with van der Waals surface area (Å²) in [5, 5.41) is 2.91.